The molecule has 0 saturated carbocycles. The van der Waals surface area contributed by atoms with Gasteiger partial charge in [0.2, 0.25) is 0 Å². The van der Waals surface area contributed by atoms with E-state index in [0.717, 1.165) is 26.4 Å². The first kappa shape index (κ1) is 14.8. The summed E-state index contributed by atoms with van der Waals surface area (Å²) in [6, 6.07) is 0. The molecular formula is C10H22O5. The van der Waals surface area contributed by atoms with Gasteiger partial charge in [-0.15, -0.1) is 0 Å². The van der Waals surface area contributed by atoms with E-state index in [2.05, 4.69) is 9.47 Å². The van der Waals surface area contributed by atoms with E-state index >= 15 is 0 Å². The molecule has 0 spiro atoms. The quantitative estimate of drug-likeness (QED) is 0.553. The third-order valence-electron chi connectivity index (χ3n) is 2.16. The molecule has 3 N–H and O–H groups in total. The molecule has 0 radical (unpaired) electrons. The molecule has 0 bridgehead atoms. The molecule has 0 aromatic heterocycles. The van der Waals surface area contributed by atoms with Gasteiger partial charge in [0.1, 0.15) is 0 Å². The smallest absolute Gasteiger partial charge is 0.0701 e. The number of ether oxygens (including phenoxy) is 2. The van der Waals surface area contributed by atoms with E-state index in [1.807, 2.05) is 6.92 Å². The first-order valence-corrected chi connectivity index (χ1v) is 5.22. The Morgan fingerprint density at radius 3 is 1.13 bits per heavy atom. The van der Waals surface area contributed by atoms with Crippen LogP contribution in [0.2, 0.25) is 0 Å². The fourth-order valence-corrected chi connectivity index (χ4v) is 0.485. The highest BCUT2D eigenvalue weighted by atomic mass is 16.6. The number of hydrogen-bond donors (Lipinski definition) is 3. The van der Waals surface area contributed by atoms with Crippen molar-refractivity contribution in [3.8, 4) is 0 Å². The molecule has 0 aromatic carbocycles. The van der Waals surface area contributed by atoms with Crippen molar-refractivity contribution in [3.05, 3.63) is 0 Å². The number of epoxide rings is 2. The van der Waals surface area contributed by atoms with E-state index in [0.29, 0.717) is 6.42 Å². The van der Waals surface area contributed by atoms with Gasteiger partial charge in [-0.3, -0.25) is 0 Å². The van der Waals surface area contributed by atoms with Crippen LogP contribution in [0, 0.1) is 5.41 Å². The highest BCUT2D eigenvalue weighted by Gasteiger charge is 2.24. The Labute approximate surface area is 90.6 Å². The van der Waals surface area contributed by atoms with Crippen molar-refractivity contribution in [1.29, 1.82) is 0 Å². The summed E-state index contributed by atoms with van der Waals surface area (Å²) in [6.07, 6.45) is 0.594. The van der Waals surface area contributed by atoms with Crippen LogP contribution in [0.5, 0.6) is 0 Å². The normalized spacial score (nSPS) is 16.8. The zero-order chi connectivity index (χ0) is 11.6. The lowest BCUT2D eigenvalue weighted by Gasteiger charge is -2.24. The molecular weight excluding hydrogens is 200 g/mol. The maximum atomic E-state index is 8.66. The Morgan fingerprint density at radius 2 is 1.13 bits per heavy atom. The van der Waals surface area contributed by atoms with E-state index in [1.54, 1.807) is 0 Å². The second kappa shape index (κ2) is 9.06. The van der Waals surface area contributed by atoms with Crippen molar-refractivity contribution in [2.45, 2.75) is 13.3 Å². The Morgan fingerprint density at radius 1 is 0.867 bits per heavy atom. The zero-order valence-electron chi connectivity index (χ0n) is 9.31. The molecule has 2 rings (SSSR count). The van der Waals surface area contributed by atoms with Gasteiger partial charge < -0.3 is 24.8 Å². The van der Waals surface area contributed by atoms with Crippen LogP contribution in [0.25, 0.3) is 0 Å². The van der Waals surface area contributed by atoms with Crippen LogP contribution in [0.15, 0.2) is 0 Å². The molecule has 15 heavy (non-hydrogen) atoms. The van der Waals surface area contributed by atoms with E-state index in [4.69, 9.17) is 15.3 Å². The van der Waals surface area contributed by atoms with Crippen LogP contribution in [-0.2, 0) is 9.47 Å². The molecule has 0 aromatic rings. The lowest BCUT2D eigenvalue weighted by Crippen LogP contribution is -2.32. The van der Waals surface area contributed by atoms with Crippen molar-refractivity contribution >= 4 is 0 Å². The first-order chi connectivity index (χ1) is 7.24. The molecule has 5 heteroatoms. The molecule has 2 aliphatic rings. The second-order valence-corrected chi connectivity index (χ2v) is 3.55. The number of aliphatic hydroxyl groups is 3. The minimum atomic E-state index is -0.667. The summed E-state index contributed by atoms with van der Waals surface area (Å²) < 4.78 is 9.00. The summed E-state index contributed by atoms with van der Waals surface area (Å²) in [6.45, 7) is 5.35. The molecule has 92 valence electrons. The van der Waals surface area contributed by atoms with E-state index in [9.17, 15) is 0 Å². The minimum absolute atomic E-state index is 0.156. The van der Waals surface area contributed by atoms with Crippen LogP contribution in [0.4, 0.5) is 0 Å². The summed E-state index contributed by atoms with van der Waals surface area (Å²) in [4.78, 5) is 0. The number of hydrogen-bond acceptors (Lipinski definition) is 5. The van der Waals surface area contributed by atoms with Crippen molar-refractivity contribution in [2.75, 3.05) is 46.2 Å². The predicted octanol–water partition coefficient (Wildman–Crippen LogP) is -0.607. The number of rotatable bonds is 4. The Bertz CT molecular complexity index is 103. The molecule has 2 aliphatic heterocycles. The van der Waals surface area contributed by atoms with Gasteiger partial charge in [0.15, 0.2) is 0 Å². The fourth-order valence-electron chi connectivity index (χ4n) is 0.485. The monoisotopic (exact) mass is 222 g/mol. The Hall–Kier alpha value is -0.200. The summed E-state index contributed by atoms with van der Waals surface area (Å²) in [5.41, 5.74) is -0.667. The van der Waals surface area contributed by atoms with Crippen molar-refractivity contribution in [3.63, 3.8) is 0 Å². The SMILES string of the molecule is C1CO1.C1CO1.CCC(CO)(CO)CO. The Balaban J connectivity index is 0.000000257. The molecule has 2 saturated heterocycles. The van der Waals surface area contributed by atoms with Gasteiger partial charge in [-0.2, -0.15) is 0 Å². The standard InChI is InChI=1S/C6H14O3.2C2H4O/c1-2-6(3-7,4-8)5-9;2*1-2-3-1/h7-9H,2-5H2,1H3;2*1-2H2. The number of aliphatic hydroxyl groups excluding tert-OH is 3. The van der Waals surface area contributed by atoms with Crippen molar-refractivity contribution in [2.24, 2.45) is 5.41 Å². The average Bonchev–Trinajstić information content (AvgIpc) is 3.16. The van der Waals surface area contributed by atoms with Gasteiger partial charge in [-0.1, -0.05) is 6.92 Å². The second-order valence-electron chi connectivity index (χ2n) is 3.55. The van der Waals surface area contributed by atoms with Gasteiger partial charge in [-0.25, -0.2) is 0 Å². The van der Waals surface area contributed by atoms with Crippen LogP contribution in [-0.4, -0.2) is 61.6 Å². The highest BCUT2D eigenvalue weighted by molar-refractivity contribution is 4.74. The molecule has 2 fully saturated rings. The summed E-state index contributed by atoms with van der Waals surface area (Å²) in [5.74, 6) is 0. The maximum absolute atomic E-state index is 8.66. The predicted molar refractivity (Wildman–Crippen MR) is 55.6 cm³/mol. The lowest BCUT2D eigenvalue weighted by molar-refractivity contribution is 0.00304. The molecule has 0 amide bonds. The van der Waals surface area contributed by atoms with Crippen molar-refractivity contribution < 1.29 is 24.8 Å². The third-order valence-corrected chi connectivity index (χ3v) is 2.16. The van der Waals surface area contributed by atoms with Gasteiger partial charge in [0.25, 0.3) is 0 Å². The Kier molecular flexibility index (Phi) is 8.94. The molecule has 0 atom stereocenters. The van der Waals surface area contributed by atoms with Gasteiger partial charge in [-0.05, 0) is 6.42 Å². The van der Waals surface area contributed by atoms with Gasteiger partial charge >= 0.3 is 0 Å². The molecule has 0 unspecified atom stereocenters. The topological polar surface area (TPSA) is 85.8 Å². The largest absolute Gasteiger partial charge is 0.396 e. The first-order valence-electron chi connectivity index (χ1n) is 5.22. The summed E-state index contributed by atoms with van der Waals surface area (Å²) in [5, 5.41) is 26.0. The van der Waals surface area contributed by atoms with E-state index in [-0.39, 0.29) is 19.8 Å². The van der Waals surface area contributed by atoms with Crippen LogP contribution >= 0.6 is 0 Å². The van der Waals surface area contributed by atoms with Gasteiger partial charge in [0, 0.05) is 5.41 Å². The third kappa shape index (κ3) is 10.1. The van der Waals surface area contributed by atoms with Crippen LogP contribution < -0.4 is 0 Å². The lowest BCUT2D eigenvalue weighted by atomic mass is 9.88. The fraction of sp³-hybridized carbons (Fsp3) is 1.00. The van der Waals surface area contributed by atoms with Crippen molar-refractivity contribution in [1.82, 2.24) is 0 Å². The minimum Gasteiger partial charge on any atom is -0.396 e. The maximum Gasteiger partial charge on any atom is 0.0701 e. The zero-order valence-corrected chi connectivity index (χ0v) is 9.31. The molecule has 0 aliphatic carbocycles. The molecule has 5 nitrogen and oxygen atoms in total. The van der Waals surface area contributed by atoms with Gasteiger partial charge in [0.05, 0.1) is 46.2 Å². The van der Waals surface area contributed by atoms with Crippen LogP contribution in [0.3, 0.4) is 0 Å². The summed E-state index contributed by atoms with van der Waals surface area (Å²) in [7, 11) is 0. The highest BCUT2D eigenvalue weighted by Crippen LogP contribution is 2.18. The van der Waals surface area contributed by atoms with E-state index < -0.39 is 5.41 Å². The van der Waals surface area contributed by atoms with E-state index in [1.165, 1.54) is 0 Å². The average molecular weight is 222 g/mol. The summed E-state index contributed by atoms with van der Waals surface area (Å²) >= 11 is 0. The molecule has 2 heterocycles. The van der Waals surface area contributed by atoms with Crippen LogP contribution in [0.1, 0.15) is 13.3 Å².